The smallest absolute Gasteiger partial charge is 0.0816 e. The molecule has 0 aromatic heterocycles. The number of nitrogens with one attached hydrogen (secondary N) is 2. The second-order valence-corrected chi connectivity index (χ2v) is 2.11. The molecule has 1 unspecified atom stereocenters. The highest BCUT2D eigenvalue weighted by Crippen LogP contribution is 1.82. The van der Waals surface area contributed by atoms with Crippen LogP contribution in [-0.2, 0) is 0 Å². The fraction of sp³-hybridized carbons (Fsp3) is 0.714. The molecular weight excluding hydrogens is 112 g/mol. The molecule has 1 saturated heterocycles. The minimum atomic E-state index is 0.378. The molecule has 0 bridgehead atoms. The normalized spacial score (nSPS) is 26.6. The van der Waals surface area contributed by atoms with Crippen LogP contribution in [0.3, 0.4) is 0 Å². The van der Waals surface area contributed by atoms with E-state index in [0.29, 0.717) is 6.04 Å². The largest absolute Gasteiger partial charge is 0.313 e. The molecule has 0 aromatic carbocycles. The Balaban J connectivity index is 2.28. The highest BCUT2D eigenvalue weighted by Gasteiger charge is 2.06. The van der Waals surface area contributed by atoms with E-state index in [1.807, 2.05) is 6.92 Å². The first-order valence-electron chi connectivity index (χ1n) is 3.30. The molecule has 2 nitrogen and oxygen atoms in total. The minimum absolute atomic E-state index is 0.378. The number of rotatable bonds is 0. The van der Waals surface area contributed by atoms with Crippen LogP contribution < -0.4 is 10.6 Å². The Labute approximate surface area is 56.0 Å². The van der Waals surface area contributed by atoms with Crippen molar-refractivity contribution < 1.29 is 0 Å². The topological polar surface area (TPSA) is 24.1 Å². The van der Waals surface area contributed by atoms with Gasteiger partial charge in [-0.3, -0.25) is 0 Å². The zero-order valence-electron chi connectivity index (χ0n) is 5.70. The highest BCUT2D eigenvalue weighted by molar-refractivity contribution is 5.07. The van der Waals surface area contributed by atoms with E-state index in [1.165, 1.54) is 0 Å². The van der Waals surface area contributed by atoms with Gasteiger partial charge in [0.25, 0.3) is 0 Å². The Morgan fingerprint density at radius 1 is 1.44 bits per heavy atom. The predicted molar refractivity (Wildman–Crippen MR) is 38.1 cm³/mol. The maximum absolute atomic E-state index is 3.28. The van der Waals surface area contributed by atoms with Gasteiger partial charge in [-0.1, -0.05) is 5.92 Å². The lowest BCUT2D eigenvalue weighted by atomic mass is 10.2. The summed E-state index contributed by atoms with van der Waals surface area (Å²) in [5, 5.41) is 6.54. The molecule has 1 atom stereocenters. The zero-order chi connectivity index (χ0) is 6.53. The summed E-state index contributed by atoms with van der Waals surface area (Å²) in [5.74, 6) is 5.95. The minimum Gasteiger partial charge on any atom is -0.313 e. The standard InChI is InChI=1S/C7H12N2/c1-2-3-7-6-8-4-5-9-7/h7-9H,4-6H2,1H3. The number of piperazine rings is 1. The molecule has 1 rings (SSSR count). The van der Waals surface area contributed by atoms with Gasteiger partial charge in [-0.2, -0.15) is 0 Å². The Hall–Kier alpha value is -0.520. The van der Waals surface area contributed by atoms with E-state index in [1.54, 1.807) is 0 Å². The molecule has 2 N–H and O–H groups in total. The third kappa shape index (κ3) is 2.05. The Morgan fingerprint density at radius 2 is 2.33 bits per heavy atom. The van der Waals surface area contributed by atoms with Gasteiger partial charge in [0.05, 0.1) is 6.04 Å². The molecule has 0 amide bonds. The molecule has 9 heavy (non-hydrogen) atoms. The monoisotopic (exact) mass is 124 g/mol. The van der Waals surface area contributed by atoms with Crippen molar-refractivity contribution in [1.82, 2.24) is 10.6 Å². The molecule has 0 radical (unpaired) electrons. The van der Waals surface area contributed by atoms with Crippen molar-refractivity contribution in [2.45, 2.75) is 13.0 Å². The molecule has 0 aliphatic carbocycles. The van der Waals surface area contributed by atoms with Crippen molar-refractivity contribution in [3.05, 3.63) is 0 Å². The van der Waals surface area contributed by atoms with Gasteiger partial charge in [0.1, 0.15) is 0 Å². The summed E-state index contributed by atoms with van der Waals surface area (Å²) in [7, 11) is 0. The Morgan fingerprint density at radius 3 is 2.89 bits per heavy atom. The maximum atomic E-state index is 3.28. The summed E-state index contributed by atoms with van der Waals surface area (Å²) in [4.78, 5) is 0. The van der Waals surface area contributed by atoms with E-state index in [2.05, 4.69) is 22.5 Å². The lowest BCUT2D eigenvalue weighted by Gasteiger charge is -2.19. The second-order valence-electron chi connectivity index (χ2n) is 2.11. The van der Waals surface area contributed by atoms with Crippen LogP contribution in [0.25, 0.3) is 0 Å². The fourth-order valence-electron chi connectivity index (χ4n) is 0.930. The second kappa shape index (κ2) is 3.49. The van der Waals surface area contributed by atoms with Crippen molar-refractivity contribution in [3.63, 3.8) is 0 Å². The van der Waals surface area contributed by atoms with Crippen molar-refractivity contribution in [2.24, 2.45) is 0 Å². The van der Waals surface area contributed by atoms with E-state index in [9.17, 15) is 0 Å². The molecule has 0 spiro atoms. The summed E-state index contributed by atoms with van der Waals surface area (Å²) in [6.45, 7) is 4.97. The van der Waals surface area contributed by atoms with Crippen LogP contribution in [0.15, 0.2) is 0 Å². The first-order chi connectivity index (χ1) is 4.43. The third-order valence-electron chi connectivity index (χ3n) is 1.36. The van der Waals surface area contributed by atoms with Crippen molar-refractivity contribution >= 4 is 0 Å². The summed E-state index contributed by atoms with van der Waals surface area (Å²) in [6, 6.07) is 0.378. The van der Waals surface area contributed by atoms with Gasteiger partial charge in [-0.25, -0.2) is 0 Å². The number of hydrogen-bond donors (Lipinski definition) is 2. The van der Waals surface area contributed by atoms with E-state index in [-0.39, 0.29) is 0 Å². The zero-order valence-corrected chi connectivity index (χ0v) is 5.70. The molecule has 1 aliphatic rings. The van der Waals surface area contributed by atoms with Crippen LogP contribution in [0.5, 0.6) is 0 Å². The lowest BCUT2D eigenvalue weighted by molar-refractivity contribution is 0.480. The molecule has 0 saturated carbocycles. The Kier molecular flexibility index (Phi) is 2.56. The van der Waals surface area contributed by atoms with E-state index >= 15 is 0 Å². The SMILES string of the molecule is CC#CC1CNCCN1. The molecule has 0 aromatic rings. The van der Waals surface area contributed by atoms with Crippen LogP contribution in [0.1, 0.15) is 6.92 Å². The molecular formula is C7H12N2. The van der Waals surface area contributed by atoms with Gasteiger partial charge in [-0.05, 0) is 6.92 Å². The van der Waals surface area contributed by atoms with Crippen molar-refractivity contribution in [3.8, 4) is 11.8 Å². The van der Waals surface area contributed by atoms with Gasteiger partial charge in [0.15, 0.2) is 0 Å². The molecule has 1 fully saturated rings. The average molecular weight is 124 g/mol. The van der Waals surface area contributed by atoms with E-state index in [0.717, 1.165) is 19.6 Å². The average Bonchev–Trinajstić information content (AvgIpc) is 1.91. The lowest BCUT2D eigenvalue weighted by Crippen LogP contribution is -2.47. The quantitative estimate of drug-likeness (QED) is 0.428. The molecule has 50 valence electrons. The van der Waals surface area contributed by atoms with E-state index in [4.69, 9.17) is 0 Å². The first kappa shape index (κ1) is 6.60. The summed E-state index contributed by atoms with van der Waals surface area (Å²) in [5.41, 5.74) is 0. The van der Waals surface area contributed by atoms with Crippen LogP contribution in [0.4, 0.5) is 0 Å². The van der Waals surface area contributed by atoms with Crippen LogP contribution >= 0.6 is 0 Å². The first-order valence-corrected chi connectivity index (χ1v) is 3.30. The summed E-state index contributed by atoms with van der Waals surface area (Å²) < 4.78 is 0. The van der Waals surface area contributed by atoms with Gasteiger partial charge in [-0.15, -0.1) is 5.92 Å². The van der Waals surface area contributed by atoms with Gasteiger partial charge >= 0.3 is 0 Å². The number of hydrogen-bond acceptors (Lipinski definition) is 2. The van der Waals surface area contributed by atoms with Crippen molar-refractivity contribution in [1.29, 1.82) is 0 Å². The fourth-order valence-corrected chi connectivity index (χ4v) is 0.930. The molecule has 1 heterocycles. The van der Waals surface area contributed by atoms with Gasteiger partial charge in [0.2, 0.25) is 0 Å². The van der Waals surface area contributed by atoms with Crippen LogP contribution in [0, 0.1) is 11.8 Å². The highest BCUT2D eigenvalue weighted by atomic mass is 15.0. The maximum Gasteiger partial charge on any atom is 0.0816 e. The summed E-state index contributed by atoms with van der Waals surface area (Å²) >= 11 is 0. The van der Waals surface area contributed by atoms with Crippen LogP contribution in [-0.4, -0.2) is 25.7 Å². The van der Waals surface area contributed by atoms with Gasteiger partial charge < -0.3 is 10.6 Å². The van der Waals surface area contributed by atoms with Crippen molar-refractivity contribution in [2.75, 3.05) is 19.6 Å². The van der Waals surface area contributed by atoms with Gasteiger partial charge in [0, 0.05) is 19.6 Å². The molecule has 2 heteroatoms. The Bertz CT molecular complexity index is 126. The summed E-state index contributed by atoms with van der Waals surface area (Å²) in [6.07, 6.45) is 0. The van der Waals surface area contributed by atoms with E-state index < -0.39 is 0 Å². The van der Waals surface area contributed by atoms with Crippen LogP contribution in [0.2, 0.25) is 0 Å². The predicted octanol–water partition coefficient (Wildman–Crippen LogP) is -0.429. The third-order valence-corrected chi connectivity index (χ3v) is 1.36. The molecule has 1 aliphatic heterocycles.